The van der Waals surface area contributed by atoms with Gasteiger partial charge >= 0.3 is 0 Å². The van der Waals surface area contributed by atoms with Crippen molar-refractivity contribution in [3.8, 4) is 11.8 Å². The maximum absolute atomic E-state index is 12.4. The lowest BCUT2D eigenvalue weighted by Crippen LogP contribution is -2.20. The van der Waals surface area contributed by atoms with Crippen molar-refractivity contribution in [3.05, 3.63) is 93.1 Å². The first-order chi connectivity index (χ1) is 15.4. The number of carbonyl (C=O) groups excluding carboxylic acids is 2. The van der Waals surface area contributed by atoms with Crippen molar-refractivity contribution < 1.29 is 14.3 Å². The van der Waals surface area contributed by atoms with Crippen molar-refractivity contribution in [2.45, 2.75) is 6.92 Å². The molecule has 0 saturated heterocycles. The van der Waals surface area contributed by atoms with Crippen LogP contribution in [-0.2, 0) is 9.59 Å². The lowest BCUT2D eigenvalue weighted by Gasteiger charge is -2.08. The highest BCUT2D eigenvalue weighted by Gasteiger charge is 2.11. The van der Waals surface area contributed by atoms with Gasteiger partial charge in [-0.15, -0.1) is 0 Å². The molecule has 0 bridgehead atoms. The van der Waals surface area contributed by atoms with Gasteiger partial charge < -0.3 is 15.4 Å². The molecule has 2 N–H and O–H groups in total. The lowest BCUT2D eigenvalue weighted by molar-refractivity contribution is -0.118. The van der Waals surface area contributed by atoms with E-state index in [1.807, 2.05) is 55.5 Å². The average Bonchev–Trinajstić information content (AvgIpc) is 2.80. The smallest absolute Gasteiger partial charge is 0.266 e. The third kappa shape index (κ3) is 6.68. The molecule has 0 saturated carbocycles. The van der Waals surface area contributed by atoms with E-state index in [0.29, 0.717) is 22.7 Å². The molecule has 0 aliphatic carbocycles. The number of carbonyl (C=O) groups is 2. The molecule has 160 valence electrons. The van der Waals surface area contributed by atoms with E-state index in [0.717, 1.165) is 9.13 Å². The molecule has 6 nitrogen and oxygen atoms in total. The monoisotopic (exact) mass is 537 g/mol. The van der Waals surface area contributed by atoms with Crippen LogP contribution >= 0.6 is 22.6 Å². The molecule has 2 amide bonds. The Morgan fingerprint density at radius 1 is 1.00 bits per heavy atom. The Morgan fingerprint density at radius 2 is 1.69 bits per heavy atom. The highest BCUT2D eigenvalue weighted by Crippen LogP contribution is 2.19. The van der Waals surface area contributed by atoms with E-state index < -0.39 is 5.91 Å². The number of hydrogen-bond donors (Lipinski definition) is 2. The molecule has 0 fully saturated rings. The van der Waals surface area contributed by atoms with Gasteiger partial charge in [0, 0.05) is 9.26 Å². The van der Waals surface area contributed by atoms with Gasteiger partial charge in [0.2, 0.25) is 0 Å². The zero-order chi connectivity index (χ0) is 22.9. The molecule has 0 aliphatic rings. The van der Waals surface area contributed by atoms with Crippen LogP contribution in [0.1, 0.15) is 11.1 Å². The van der Waals surface area contributed by atoms with Crippen LogP contribution in [0, 0.1) is 21.8 Å². The van der Waals surface area contributed by atoms with Gasteiger partial charge in [0.05, 0.1) is 5.69 Å². The molecule has 0 spiro atoms. The van der Waals surface area contributed by atoms with E-state index in [1.54, 1.807) is 30.3 Å². The van der Waals surface area contributed by atoms with Crippen molar-refractivity contribution in [2.24, 2.45) is 0 Å². The number of aryl methyl sites for hydroxylation is 1. The van der Waals surface area contributed by atoms with Crippen molar-refractivity contribution >= 4 is 51.9 Å². The molecular formula is C25H20IN3O3. The summed E-state index contributed by atoms with van der Waals surface area (Å²) < 4.78 is 6.39. The fourth-order valence-electron chi connectivity index (χ4n) is 2.71. The zero-order valence-corrected chi connectivity index (χ0v) is 19.4. The summed E-state index contributed by atoms with van der Waals surface area (Å²) in [5.74, 6) is -0.246. The van der Waals surface area contributed by atoms with E-state index in [4.69, 9.17) is 4.74 Å². The quantitative estimate of drug-likeness (QED) is 0.248. The van der Waals surface area contributed by atoms with Gasteiger partial charge in [0.15, 0.2) is 6.61 Å². The average molecular weight is 537 g/mol. The first-order valence-corrected chi connectivity index (χ1v) is 10.8. The molecular weight excluding hydrogens is 517 g/mol. The number of nitrogens with one attached hydrogen (secondary N) is 2. The maximum atomic E-state index is 12.4. The molecule has 3 rings (SSSR count). The Hall–Kier alpha value is -3.64. The summed E-state index contributed by atoms with van der Waals surface area (Å²) in [7, 11) is 0. The minimum atomic E-state index is -0.482. The number of nitriles is 1. The third-order valence-electron chi connectivity index (χ3n) is 4.38. The number of hydrogen-bond acceptors (Lipinski definition) is 4. The molecule has 3 aromatic carbocycles. The highest BCUT2D eigenvalue weighted by molar-refractivity contribution is 14.1. The van der Waals surface area contributed by atoms with Crippen LogP contribution in [0.15, 0.2) is 78.4 Å². The van der Waals surface area contributed by atoms with Gasteiger partial charge in [-0.2, -0.15) is 5.26 Å². The minimum Gasteiger partial charge on any atom is -0.484 e. The largest absolute Gasteiger partial charge is 0.484 e. The summed E-state index contributed by atoms with van der Waals surface area (Å²) in [5, 5.41) is 14.9. The van der Waals surface area contributed by atoms with Crippen LogP contribution in [0.5, 0.6) is 5.75 Å². The standard InChI is InChI=1S/C25H20IN3O3/c1-17-6-10-20(11-7-17)28-24(30)16-32-21-12-8-18(9-13-21)14-19(15-27)25(31)29-23-5-3-2-4-22(23)26/h2-14H,16H2,1H3,(H,28,30)(H,29,31)/b19-14-. The third-order valence-corrected chi connectivity index (χ3v) is 5.32. The van der Waals surface area contributed by atoms with Gasteiger partial charge in [-0.1, -0.05) is 42.0 Å². The number of benzene rings is 3. The molecule has 7 heteroatoms. The molecule has 0 heterocycles. The van der Waals surface area contributed by atoms with Crippen molar-refractivity contribution in [1.29, 1.82) is 5.26 Å². The van der Waals surface area contributed by atoms with Crippen LogP contribution in [-0.4, -0.2) is 18.4 Å². The fourth-order valence-corrected chi connectivity index (χ4v) is 3.23. The van der Waals surface area contributed by atoms with Gasteiger partial charge in [-0.05, 0) is 77.6 Å². The normalized spacial score (nSPS) is 10.7. The summed E-state index contributed by atoms with van der Waals surface area (Å²) in [5.41, 5.74) is 3.11. The van der Waals surface area contributed by atoms with Crippen LogP contribution in [0.25, 0.3) is 6.08 Å². The summed E-state index contributed by atoms with van der Waals surface area (Å²) in [6, 6.07) is 23.5. The Balaban J connectivity index is 1.57. The van der Waals surface area contributed by atoms with Crippen LogP contribution < -0.4 is 15.4 Å². The Kier molecular flexibility index (Phi) is 8.00. The second kappa shape index (κ2) is 11.1. The van der Waals surface area contributed by atoms with Gasteiger partial charge in [-0.25, -0.2) is 0 Å². The van der Waals surface area contributed by atoms with E-state index in [1.165, 1.54) is 6.08 Å². The van der Waals surface area contributed by atoms with E-state index >= 15 is 0 Å². The Labute approximate surface area is 200 Å². The second-order valence-electron chi connectivity index (χ2n) is 6.88. The predicted octanol–water partition coefficient (Wildman–Crippen LogP) is 5.16. The summed E-state index contributed by atoms with van der Waals surface area (Å²) in [4.78, 5) is 24.5. The summed E-state index contributed by atoms with van der Waals surface area (Å²) in [6.45, 7) is 1.84. The number of ether oxygens (including phenoxy) is 1. The minimum absolute atomic E-state index is 0.0178. The zero-order valence-electron chi connectivity index (χ0n) is 17.3. The summed E-state index contributed by atoms with van der Waals surface area (Å²) in [6.07, 6.45) is 1.50. The first-order valence-electron chi connectivity index (χ1n) is 9.71. The Morgan fingerprint density at radius 3 is 2.34 bits per heavy atom. The van der Waals surface area contributed by atoms with Gasteiger partial charge in [0.1, 0.15) is 17.4 Å². The van der Waals surface area contributed by atoms with Crippen molar-refractivity contribution in [1.82, 2.24) is 0 Å². The fraction of sp³-hybridized carbons (Fsp3) is 0.0800. The second-order valence-corrected chi connectivity index (χ2v) is 8.04. The Bertz CT molecular complexity index is 1180. The van der Waals surface area contributed by atoms with Crippen LogP contribution in [0.2, 0.25) is 0 Å². The summed E-state index contributed by atoms with van der Waals surface area (Å²) >= 11 is 2.12. The number of nitrogens with zero attached hydrogens (tertiary/aromatic N) is 1. The molecule has 32 heavy (non-hydrogen) atoms. The number of amides is 2. The maximum Gasteiger partial charge on any atom is 0.266 e. The predicted molar refractivity (Wildman–Crippen MR) is 133 cm³/mol. The number of halogens is 1. The van der Waals surface area contributed by atoms with Crippen LogP contribution in [0.4, 0.5) is 11.4 Å². The molecule has 0 radical (unpaired) electrons. The van der Waals surface area contributed by atoms with E-state index in [2.05, 4.69) is 33.2 Å². The SMILES string of the molecule is Cc1ccc(NC(=O)COc2ccc(/C=C(/C#N)C(=O)Nc3ccccc3I)cc2)cc1. The molecule has 0 unspecified atom stereocenters. The molecule has 3 aromatic rings. The van der Waals surface area contributed by atoms with Gasteiger partial charge in [-0.3, -0.25) is 9.59 Å². The lowest BCUT2D eigenvalue weighted by atomic mass is 10.1. The number of anilines is 2. The van der Waals surface area contributed by atoms with E-state index in [9.17, 15) is 14.9 Å². The van der Waals surface area contributed by atoms with Crippen molar-refractivity contribution in [3.63, 3.8) is 0 Å². The van der Waals surface area contributed by atoms with E-state index in [-0.39, 0.29) is 18.1 Å². The molecule has 0 aromatic heterocycles. The number of para-hydroxylation sites is 1. The topological polar surface area (TPSA) is 91.2 Å². The first kappa shape index (κ1) is 23.0. The highest BCUT2D eigenvalue weighted by atomic mass is 127. The van der Waals surface area contributed by atoms with Crippen LogP contribution in [0.3, 0.4) is 0 Å². The molecule has 0 aliphatic heterocycles. The van der Waals surface area contributed by atoms with Crippen molar-refractivity contribution in [2.75, 3.05) is 17.2 Å². The van der Waals surface area contributed by atoms with Gasteiger partial charge in [0.25, 0.3) is 11.8 Å². The number of rotatable bonds is 7. The molecule has 0 atom stereocenters.